The fourth-order valence-corrected chi connectivity index (χ4v) is 3.02. The number of carbonyl (C=O) groups excluding carboxylic acids is 2. The number of ether oxygens (including phenoxy) is 2. The molecule has 0 aliphatic heterocycles. The summed E-state index contributed by atoms with van der Waals surface area (Å²) in [5.41, 5.74) is 2.44. The van der Waals surface area contributed by atoms with Crippen LogP contribution in [0.1, 0.15) is 22.9 Å². The van der Waals surface area contributed by atoms with E-state index in [2.05, 4.69) is 5.32 Å². The van der Waals surface area contributed by atoms with E-state index in [-0.39, 0.29) is 5.91 Å². The van der Waals surface area contributed by atoms with E-state index in [1.54, 1.807) is 20.1 Å². The van der Waals surface area contributed by atoms with Crippen LogP contribution in [0.5, 0.6) is 0 Å². The van der Waals surface area contributed by atoms with E-state index in [0.717, 1.165) is 16.0 Å². The minimum atomic E-state index is -0.889. The van der Waals surface area contributed by atoms with Gasteiger partial charge in [-0.2, -0.15) is 0 Å². The SMILES string of the molecule is COCCNC(=O)[C@@H](C)OC(=O)/C(=C/c1cccc(C)c1)c1cccs1. The molecule has 1 heterocycles. The third-order valence-electron chi connectivity index (χ3n) is 3.62. The van der Waals surface area contributed by atoms with Crippen molar-refractivity contribution in [2.24, 2.45) is 0 Å². The average molecular weight is 373 g/mol. The van der Waals surface area contributed by atoms with Crippen LogP contribution >= 0.6 is 11.3 Å². The smallest absolute Gasteiger partial charge is 0.340 e. The maximum Gasteiger partial charge on any atom is 0.340 e. The van der Waals surface area contributed by atoms with Gasteiger partial charge in [0.05, 0.1) is 12.2 Å². The van der Waals surface area contributed by atoms with Crippen molar-refractivity contribution < 1.29 is 19.1 Å². The van der Waals surface area contributed by atoms with E-state index in [4.69, 9.17) is 9.47 Å². The van der Waals surface area contributed by atoms with Crippen LogP contribution < -0.4 is 5.32 Å². The number of esters is 1. The molecule has 1 aromatic heterocycles. The third-order valence-corrected chi connectivity index (χ3v) is 4.52. The molecule has 0 unspecified atom stereocenters. The molecule has 0 saturated carbocycles. The molecule has 0 aliphatic rings. The maximum absolute atomic E-state index is 12.7. The summed E-state index contributed by atoms with van der Waals surface area (Å²) in [5, 5.41) is 4.56. The van der Waals surface area contributed by atoms with Crippen LogP contribution in [-0.4, -0.2) is 38.2 Å². The number of hydrogen-bond acceptors (Lipinski definition) is 5. The molecule has 1 atom stereocenters. The zero-order valence-corrected chi connectivity index (χ0v) is 16.0. The van der Waals surface area contributed by atoms with Crippen LogP contribution in [-0.2, 0) is 19.1 Å². The van der Waals surface area contributed by atoms with Gasteiger partial charge in [0.25, 0.3) is 5.91 Å². The minimum absolute atomic E-state index is 0.350. The van der Waals surface area contributed by atoms with Crippen molar-refractivity contribution in [1.29, 1.82) is 0 Å². The Bertz CT molecular complexity index is 768. The van der Waals surface area contributed by atoms with E-state index >= 15 is 0 Å². The summed E-state index contributed by atoms with van der Waals surface area (Å²) in [5.74, 6) is -0.875. The summed E-state index contributed by atoms with van der Waals surface area (Å²) in [6.07, 6.45) is 0.900. The van der Waals surface area contributed by atoms with Gasteiger partial charge in [-0.1, -0.05) is 35.9 Å². The first kappa shape index (κ1) is 19.9. The third kappa shape index (κ3) is 5.82. The van der Waals surface area contributed by atoms with Gasteiger partial charge in [0, 0.05) is 18.5 Å². The molecule has 1 N–H and O–H groups in total. The summed E-state index contributed by atoms with van der Waals surface area (Å²) in [6, 6.07) is 11.6. The van der Waals surface area contributed by atoms with Gasteiger partial charge in [-0.3, -0.25) is 4.79 Å². The second-order valence-corrected chi connectivity index (χ2v) is 6.73. The fourth-order valence-electron chi connectivity index (χ4n) is 2.29. The van der Waals surface area contributed by atoms with Crippen molar-refractivity contribution >= 4 is 34.9 Å². The quantitative estimate of drug-likeness (QED) is 0.438. The van der Waals surface area contributed by atoms with E-state index < -0.39 is 12.1 Å². The molecule has 0 bridgehead atoms. The van der Waals surface area contributed by atoms with Crippen molar-refractivity contribution in [2.75, 3.05) is 20.3 Å². The molecule has 0 spiro atoms. The highest BCUT2D eigenvalue weighted by Crippen LogP contribution is 2.25. The average Bonchev–Trinajstić information content (AvgIpc) is 3.14. The molecule has 6 heteroatoms. The number of nitrogens with one attached hydrogen (secondary N) is 1. The lowest BCUT2D eigenvalue weighted by Crippen LogP contribution is -2.37. The summed E-state index contributed by atoms with van der Waals surface area (Å²) in [7, 11) is 1.55. The lowest BCUT2D eigenvalue weighted by molar-refractivity contribution is -0.149. The molecule has 0 fully saturated rings. The topological polar surface area (TPSA) is 64.6 Å². The number of benzene rings is 1. The Kier molecular flexibility index (Phi) is 7.56. The van der Waals surface area contributed by atoms with Gasteiger partial charge in [0.15, 0.2) is 6.10 Å². The van der Waals surface area contributed by atoms with Gasteiger partial charge in [0.2, 0.25) is 0 Å². The Morgan fingerprint density at radius 3 is 2.73 bits per heavy atom. The predicted octanol–water partition coefficient (Wildman–Crippen LogP) is 3.29. The van der Waals surface area contributed by atoms with Crippen LogP contribution in [0.15, 0.2) is 41.8 Å². The number of thiophene rings is 1. The number of amides is 1. The monoisotopic (exact) mass is 373 g/mol. The molecule has 26 heavy (non-hydrogen) atoms. The lowest BCUT2D eigenvalue weighted by Gasteiger charge is -2.14. The van der Waals surface area contributed by atoms with Gasteiger partial charge in [-0.25, -0.2) is 4.79 Å². The highest BCUT2D eigenvalue weighted by molar-refractivity contribution is 7.11. The molecule has 138 valence electrons. The Balaban J connectivity index is 2.16. The van der Waals surface area contributed by atoms with E-state index in [1.807, 2.05) is 48.7 Å². The Hall–Kier alpha value is -2.44. The fraction of sp³-hybridized carbons (Fsp3) is 0.300. The normalized spacial score (nSPS) is 12.5. The maximum atomic E-state index is 12.7. The molecule has 2 rings (SSSR count). The first-order valence-corrected chi connectivity index (χ1v) is 9.19. The minimum Gasteiger partial charge on any atom is -0.449 e. The van der Waals surface area contributed by atoms with Crippen LogP contribution in [0.25, 0.3) is 11.6 Å². The van der Waals surface area contributed by atoms with E-state index in [9.17, 15) is 9.59 Å². The Morgan fingerprint density at radius 1 is 1.27 bits per heavy atom. The summed E-state index contributed by atoms with van der Waals surface area (Å²) in [4.78, 5) is 25.5. The van der Waals surface area contributed by atoms with Crippen LogP contribution in [0.4, 0.5) is 0 Å². The number of hydrogen-bond donors (Lipinski definition) is 1. The van der Waals surface area contributed by atoms with E-state index in [1.165, 1.54) is 11.3 Å². The summed E-state index contributed by atoms with van der Waals surface area (Å²) < 4.78 is 10.3. The Labute approximate surface area is 157 Å². The van der Waals surface area contributed by atoms with Gasteiger partial charge in [0.1, 0.15) is 0 Å². The molecule has 1 aromatic carbocycles. The number of rotatable bonds is 8. The van der Waals surface area contributed by atoms with Crippen LogP contribution in [0.2, 0.25) is 0 Å². The number of aryl methyl sites for hydroxylation is 1. The van der Waals surface area contributed by atoms with Gasteiger partial charge in [-0.15, -0.1) is 11.3 Å². The molecular formula is C20H23NO4S. The second-order valence-electron chi connectivity index (χ2n) is 5.78. The molecule has 0 aliphatic carbocycles. The van der Waals surface area contributed by atoms with E-state index in [0.29, 0.717) is 18.7 Å². The van der Waals surface area contributed by atoms with Crippen LogP contribution in [0.3, 0.4) is 0 Å². The zero-order valence-electron chi connectivity index (χ0n) is 15.2. The van der Waals surface area contributed by atoms with Gasteiger partial charge >= 0.3 is 5.97 Å². The van der Waals surface area contributed by atoms with Crippen molar-refractivity contribution in [3.63, 3.8) is 0 Å². The standard InChI is InChI=1S/C20H23NO4S/c1-14-6-4-7-16(12-14)13-17(18-8-5-11-26-18)20(23)25-15(2)19(22)21-9-10-24-3/h4-8,11-13,15H,9-10H2,1-3H3,(H,21,22)/b17-13+/t15-/m1/s1. The highest BCUT2D eigenvalue weighted by Gasteiger charge is 2.21. The van der Waals surface area contributed by atoms with Crippen molar-refractivity contribution in [1.82, 2.24) is 5.32 Å². The number of methoxy groups -OCH3 is 1. The van der Waals surface area contributed by atoms with Crippen molar-refractivity contribution in [3.8, 4) is 0 Å². The molecule has 1 amide bonds. The summed E-state index contributed by atoms with van der Waals surface area (Å²) in [6.45, 7) is 4.32. The Morgan fingerprint density at radius 2 is 2.08 bits per heavy atom. The van der Waals surface area contributed by atoms with Crippen molar-refractivity contribution in [2.45, 2.75) is 20.0 Å². The summed E-state index contributed by atoms with van der Waals surface area (Å²) >= 11 is 1.45. The lowest BCUT2D eigenvalue weighted by atomic mass is 10.1. The second kappa shape index (κ2) is 9.89. The first-order valence-electron chi connectivity index (χ1n) is 8.31. The largest absolute Gasteiger partial charge is 0.449 e. The van der Waals surface area contributed by atoms with Crippen LogP contribution in [0, 0.1) is 6.92 Å². The highest BCUT2D eigenvalue weighted by atomic mass is 32.1. The number of carbonyl (C=O) groups is 2. The molecular weight excluding hydrogens is 350 g/mol. The first-order chi connectivity index (χ1) is 12.5. The molecule has 0 saturated heterocycles. The van der Waals surface area contributed by atoms with Gasteiger partial charge < -0.3 is 14.8 Å². The van der Waals surface area contributed by atoms with Gasteiger partial charge in [-0.05, 0) is 36.9 Å². The molecule has 5 nitrogen and oxygen atoms in total. The molecule has 0 radical (unpaired) electrons. The zero-order chi connectivity index (χ0) is 18.9. The molecule has 2 aromatic rings. The van der Waals surface area contributed by atoms with Crippen molar-refractivity contribution in [3.05, 3.63) is 57.8 Å². The predicted molar refractivity (Wildman–Crippen MR) is 104 cm³/mol.